The second-order valence-electron chi connectivity index (χ2n) is 11.8. The van der Waals surface area contributed by atoms with Gasteiger partial charge in [0.1, 0.15) is 0 Å². The fourth-order valence-corrected chi connectivity index (χ4v) is 7.17. The Kier molecular flexibility index (Phi) is 6.18. The standard InChI is InChI=1S/C43H25N5/c1-45-37-16-10-15-32(43(37)48-41-19-8-4-13-35(41)36-14-5-9-20-42(36)48)29-23-28(27-44)24-30(25-29)38-26-31(21-22-46-38)47-39-17-6-2-11-33(39)34-12-3-7-18-40(34)47/h2-26H. The van der Waals surface area contributed by atoms with Crippen LogP contribution in [0, 0.1) is 17.9 Å². The van der Waals surface area contributed by atoms with Gasteiger partial charge in [0.05, 0.1) is 51.7 Å². The van der Waals surface area contributed by atoms with Gasteiger partial charge in [-0.3, -0.25) is 4.98 Å². The van der Waals surface area contributed by atoms with Crippen molar-refractivity contribution in [3.05, 3.63) is 169 Å². The molecule has 0 atom stereocenters. The van der Waals surface area contributed by atoms with Crippen molar-refractivity contribution in [2.45, 2.75) is 0 Å². The van der Waals surface area contributed by atoms with E-state index in [2.05, 4.69) is 105 Å². The first-order valence-corrected chi connectivity index (χ1v) is 15.7. The van der Waals surface area contributed by atoms with Crippen molar-refractivity contribution in [2.75, 3.05) is 0 Å². The number of hydrogen-bond donors (Lipinski definition) is 0. The van der Waals surface area contributed by atoms with Gasteiger partial charge in [-0.15, -0.1) is 0 Å². The number of nitrogens with zero attached hydrogens (tertiary/aromatic N) is 5. The summed E-state index contributed by atoms with van der Waals surface area (Å²) < 4.78 is 4.46. The summed E-state index contributed by atoms with van der Waals surface area (Å²) in [5, 5.41) is 14.9. The Hall–Kier alpha value is -6.95. The average molecular weight is 612 g/mol. The minimum Gasteiger partial charge on any atom is -0.318 e. The summed E-state index contributed by atoms with van der Waals surface area (Å²) in [6.07, 6.45) is 1.83. The molecule has 222 valence electrons. The summed E-state index contributed by atoms with van der Waals surface area (Å²) in [5.74, 6) is 0. The van der Waals surface area contributed by atoms with Crippen molar-refractivity contribution in [1.82, 2.24) is 14.1 Å². The first kappa shape index (κ1) is 27.4. The molecule has 0 spiro atoms. The van der Waals surface area contributed by atoms with Crippen LogP contribution in [0.1, 0.15) is 5.56 Å². The first-order chi connectivity index (χ1) is 23.7. The van der Waals surface area contributed by atoms with E-state index in [0.717, 1.165) is 66.6 Å². The van der Waals surface area contributed by atoms with E-state index in [9.17, 15) is 5.26 Å². The van der Waals surface area contributed by atoms with Crippen LogP contribution in [-0.4, -0.2) is 14.1 Å². The highest BCUT2D eigenvalue weighted by atomic mass is 15.0. The van der Waals surface area contributed by atoms with Gasteiger partial charge in [0.25, 0.3) is 0 Å². The van der Waals surface area contributed by atoms with E-state index in [1.54, 1.807) is 0 Å². The number of benzene rings is 6. The van der Waals surface area contributed by atoms with E-state index in [4.69, 9.17) is 11.6 Å². The van der Waals surface area contributed by atoms with E-state index in [0.29, 0.717) is 11.3 Å². The molecule has 0 aliphatic rings. The van der Waals surface area contributed by atoms with Gasteiger partial charge in [-0.25, -0.2) is 4.85 Å². The van der Waals surface area contributed by atoms with Crippen LogP contribution in [0.25, 0.3) is 82.2 Å². The van der Waals surface area contributed by atoms with Gasteiger partial charge in [0.15, 0.2) is 0 Å². The summed E-state index contributed by atoms with van der Waals surface area (Å²) >= 11 is 0. The Morgan fingerprint density at radius 2 is 1.10 bits per heavy atom. The molecule has 0 radical (unpaired) electrons. The number of hydrogen-bond acceptors (Lipinski definition) is 2. The van der Waals surface area contributed by atoms with Gasteiger partial charge in [-0.05, 0) is 65.7 Å². The summed E-state index contributed by atoms with van der Waals surface area (Å²) in [6, 6.07) is 51.7. The molecular weight excluding hydrogens is 587 g/mol. The molecule has 48 heavy (non-hydrogen) atoms. The lowest BCUT2D eigenvalue weighted by molar-refractivity contribution is 1.16. The maximum atomic E-state index is 10.2. The quantitative estimate of drug-likeness (QED) is 0.186. The maximum absolute atomic E-state index is 10.2. The monoisotopic (exact) mass is 611 g/mol. The Morgan fingerprint density at radius 1 is 0.562 bits per heavy atom. The number of rotatable bonds is 4. The highest BCUT2D eigenvalue weighted by Gasteiger charge is 2.20. The largest absolute Gasteiger partial charge is 0.318 e. The van der Waals surface area contributed by atoms with Crippen molar-refractivity contribution in [3.8, 4) is 39.8 Å². The third-order valence-electron chi connectivity index (χ3n) is 9.19. The molecule has 3 heterocycles. The lowest BCUT2D eigenvalue weighted by Gasteiger charge is -2.17. The minimum absolute atomic E-state index is 0.521. The molecule has 0 bridgehead atoms. The molecule has 0 saturated carbocycles. The molecule has 0 fully saturated rings. The number of fused-ring (bicyclic) bond motifs is 6. The molecule has 0 aliphatic heterocycles. The molecule has 6 aromatic carbocycles. The van der Waals surface area contributed by atoms with E-state index < -0.39 is 0 Å². The fourth-order valence-electron chi connectivity index (χ4n) is 7.17. The van der Waals surface area contributed by atoms with Crippen LogP contribution in [0.15, 0.2) is 152 Å². The molecule has 0 amide bonds. The lowest BCUT2D eigenvalue weighted by Crippen LogP contribution is -1.99. The second-order valence-corrected chi connectivity index (χ2v) is 11.8. The van der Waals surface area contributed by atoms with Crippen LogP contribution < -0.4 is 0 Å². The summed E-state index contributed by atoms with van der Waals surface area (Å²) in [6.45, 7) is 8.17. The number of para-hydroxylation sites is 5. The van der Waals surface area contributed by atoms with Crippen molar-refractivity contribution in [2.24, 2.45) is 0 Å². The predicted molar refractivity (Wildman–Crippen MR) is 195 cm³/mol. The summed E-state index contributed by atoms with van der Waals surface area (Å²) in [5.41, 5.74) is 10.4. The van der Waals surface area contributed by atoms with Crippen LogP contribution >= 0.6 is 0 Å². The molecule has 0 N–H and O–H groups in total. The zero-order chi connectivity index (χ0) is 32.2. The normalized spacial score (nSPS) is 11.3. The number of nitriles is 1. The van der Waals surface area contributed by atoms with Gasteiger partial charge in [-0.2, -0.15) is 5.26 Å². The van der Waals surface area contributed by atoms with Gasteiger partial charge in [0.2, 0.25) is 5.69 Å². The Bertz CT molecular complexity index is 2710. The average Bonchev–Trinajstić information content (AvgIpc) is 3.67. The summed E-state index contributed by atoms with van der Waals surface area (Å²) in [4.78, 5) is 8.79. The van der Waals surface area contributed by atoms with Crippen LogP contribution in [0.2, 0.25) is 0 Å². The predicted octanol–water partition coefficient (Wildman–Crippen LogP) is 11.0. The smallest absolute Gasteiger partial charge is 0.211 e. The zero-order valence-corrected chi connectivity index (χ0v) is 25.7. The van der Waals surface area contributed by atoms with E-state index in [-0.39, 0.29) is 0 Å². The zero-order valence-electron chi connectivity index (χ0n) is 25.7. The van der Waals surface area contributed by atoms with Crippen LogP contribution in [0.5, 0.6) is 0 Å². The van der Waals surface area contributed by atoms with Crippen molar-refractivity contribution in [3.63, 3.8) is 0 Å². The maximum Gasteiger partial charge on any atom is 0.211 e. The molecule has 0 aliphatic carbocycles. The highest BCUT2D eigenvalue weighted by molar-refractivity contribution is 6.11. The first-order valence-electron chi connectivity index (χ1n) is 15.7. The molecule has 0 saturated heterocycles. The molecule has 0 unspecified atom stereocenters. The molecule has 9 aromatic rings. The third-order valence-corrected chi connectivity index (χ3v) is 9.19. The van der Waals surface area contributed by atoms with E-state index in [1.807, 2.05) is 66.9 Å². The Balaban J connectivity index is 1.27. The molecule has 5 heteroatoms. The second kappa shape index (κ2) is 10.8. The van der Waals surface area contributed by atoms with Gasteiger partial charge >= 0.3 is 0 Å². The molecule has 9 rings (SSSR count). The molecule has 3 aromatic heterocycles. The van der Waals surface area contributed by atoms with E-state index in [1.165, 1.54) is 10.8 Å². The van der Waals surface area contributed by atoms with Crippen LogP contribution in [-0.2, 0) is 0 Å². The van der Waals surface area contributed by atoms with Crippen LogP contribution in [0.3, 0.4) is 0 Å². The van der Waals surface area contributed by atoms with Crippen molar-refractivity contribution < 1.29 is 0 Å². The lowest BCUT2D eigenvalue weighted by atomic mass is 9.96. The van der Waals surface area contributed by atoms with Crippen LogP contribution in [0.4, 0.5) is 5.69 Å². The van der Waals surface area contributed by atoms with Gasteiger partial charge < -0.3 is 9.13 Å². The fraction of sp³-hybridized carbons (Fsp3) is 0. The third kappa shape index (κ3) is 4.13. The van der Waals surface area contributed by atoms with Gasteiger partial charge in [-0.1, -0.05) is 91.0 Å². The minimum atomic E-state index is 0.521. The number of pyridine rings is 1. The van der Waals surface area contributed by atoms with E-state index >= 15 is 0 Å². The van der Waals surface area contributed by atoms with Gasteiger partial charge in [0, 0.05) is 39.0 Å². The molecular formula is C43H25N5. The SMILES string of the molecule is [C-]#[N+]c1cccc(-c2cc(C#N)cc(-c3cc(-n4c5ccccc5c5ccccc54)ccn3)c2)c1-n1c2ccccc2c2ccccc21. The topological polar surface area (TPSA) is 50.9 Å². The Labute approximate surface area is 276 Å². The number of aromatic nitrogens is 3. The van der Waals surface area contributed by atoms with Crippen molar-refractivity contribution in [1.29, 1.82) is 5.26 Å². The molecule has 5 nitrogen and oxygen atoms in total. The summed E-state index contributed by atoms with van der Waals surface area (Å²) in [7, 11) is 0. The van der Waals surface area contributed by atoms with Crippen molar-refractivity contribution >= 4 is 49.3 Å². The highest BCUT2D eigenvalue weighted by Crippen LogP contribution is 2.42. The Morgan fingerprint density at radius 3 is 1.67 bits per heavy atom.